The summed E-state index contributed by atoms with van der Waals surface area (Å²) in [5.74, 6) is -1.05. The minimum absolute atomic E-state index is 0.0108. The highest BCUT2D eigenvalue weighted by molar-refractivity contribution is 7.47. The van der Waals surface area contributed by atoms with Gasteiger partial charge in [0.1, 0.15) is 6.61 Å². The molecule has 12 heteroatoms. The second kappa shape index (κ2) is 39.4. The van der Waals surface area contributed by atoms with Crippen molar-refractivity contribution in [2.45, 2.75) is 135 Å². The molecule has 1 unspecified atom stereocenters. The van der Waals surface area contributed by atoms with E-state index < -0.39 is 44.7 Å². The Balaban J connectivity index is 4.51. The third-order valence-electron chi connectivity index (χ3n) is 7.83. The molecule has 0 aromatic rings. The number of rotatable bonds is 36. The standard InChI is InChI=1S/C45H72NO10P/c1-3-5-7-8-9-10-11-12-13-14-15-16-20-23-29-35-44(49)53-39-43(40-55-57(51,52)54-38-37-46)56-45(50)36-30-24-28-34-42(48)33-27-22-19-17-18-21-26-32-41(47)31-25-6-4-2/h5-7,9-10,12-13,18-19,21-22,25-28,32-34,41-43,47-48H,3-4,8,11,14-17,20,23-24,29-31,35-40,46H2,1-2H3,(H,51,52)/b7-5-,10-9-,13-12-,21-18-,22-19-,25-6-,32-26+,33-27+,34-28-/t41-,42-,43+/m0/s1. The molecule has 0 bridgehead atoms. The van der Waals surface area contributed by atoms with E-state index in [9.17, 15) is 29.3 Å². The Morgan fingerprint density at radius 3 is 1.95 bits per heavy atom. The molecule has 0 rings (SSSR count). The van der Waals surface area contributed by atoms with Gasteiger partial charge >= 0.3 is 19.8 Å². The maximum absolute atomic E-state index is 12.6. The number of allylic oxidation sites excluding steroid dienone is 14. The quantitative estimate of drug-likeness (QED) is 0.0156. The number of hydrogen-bond donors (Lipinski definition) is 4. The van der Waals surface area contributed by atoms with E-state index in [1.54, 1.807) is 30.4 Å². The van der Waals surface area contributed by atoms with Gasteiger partial charge in [-0.25, -0.2) is 4.57 Å². The highest BCUT2D eigenvalue weighted by atomic mass is 31.2. The van der Waals surface area contributed by atoms with E-state index in [-0.39, 0.29) is 32.6 Å². The summed E-state index contributed by atoms with van der Waals surface area (Å²) >= 11 is 0. The predicted molar refractivity (Wildman–Crippen MR) is 231 cm³/mol. The number of carbonyl (C=O) groups is 2. The third kappa shape index (κ3) is 39.2. The Hall–Kier alpha value is -3.41. The number of aliphatic hydroxyl groups is 2. The number of carbonyl (C=O) groups excluding carboxylic acids is 2. The molecule has 0 fully saturated rings. The minimum Gasteiger partial charge on any atom is -0.462 e. The van der Waals surface area contributed by atoms with Crippen molar-refractivity contribution in [1.82, 2.24) is 0 Å². The van der Waals surface area contributed by atoms with Crippen molar-refractivity contribution < 1.29 is 47.8 Å². The van der Waals surface area contributed by atoms with Crippen molar-refractivity contribution >= 4 is 19.8 Å². The van der Waals surface area contributed by atoms with Crippen LogP contribution in [0.2, 0.25) is 0 Å². The number of nitrogens with two attached hydrogens (primary N) is 1. The van der Waals surface area contributed by atoms with E-state index in [1.807, 2.05) is 42.5 Å². The molecule has 4 atom stereocenters. The van der Waals surface area contributed by atoms with Gasteiger partial charge in [0.15, 0.2) is 6.10 Å². The van der Waals surface area contributed by atoms with Gasteiger partial charge in [-0.1, -0.05) is 142 Å². The Morgan fingerprint density at radius 2 is 1.23 bits per heavy atom. The summed E-state index contributed by atoms with van der Waals surface area (Å²) in [4.78, 5) is 34.8. The van der Waals surface area contributed by atoms with E-state index >= 15 is 0 Å². The Bertz CT molecular complexity index is 1330. The van der Waals surface area contributed by atoms with Crippen molar-refractivity contribution in [3.63, 3.8) is 0 Å². The van der Waals surface area contributed by atoms with Crippen LogP contribution in [0.25, 0.3) is 0 Å². The molecule has 11 nitrogen and oxygen atoms in total. The third-order valence-corrected chi connectivity index (χ3v) is 8.81. The molecular weight excluding hydrogens is 745 g/mol. The molecule has 0 aliphatic rings. The highest BCUT2D eigenvalue weighted by Crippen LogP contribution is 2.43. The fourth-order valence-corrected chi connectivity index (χ4v) is 5.56. The summed E-state index contributed by atoms with van der Waals surface area (Å²) in [6, 6.07) is 0. The van der Waals surface area contributed by atoms with Gasteiger partial charge in [0.2, 0.25) is 0 Å². The van der Waals surface area contributed by atoms with Crippen LogP contribution in [0, 0.1) is 0 Å². The molecule has 5 N–H and O–H groups in total. The topological polar surface area (TPSA) is 175 Å². The first-order valence-corrected chi connectivity index (χ1v) is 22.1. The van der Waals surface area contributed by atoms with Crippen molar-refractivity contribution in [3.05, 3.63) is 109 Å². The van der Waals surface area contributed by atoms with E-state index in [1.165, 1.54) is 0 Å². The lowest BCUT2D eigenvalue weighted by Crippen LogP contribution is -2.29. The van der Waals surface area contributed by atoms with E-state index in [4.69, 9.17) is 24.3 Å². The van der Waals surface area contributed by atoms with E-state index in [0.29, 0.717) is 32.1 Å². The Labute approximate surface area is 343 Å². The number of ether oxygens (including phenoxy) is 2. The van der Waals surface area contributed by atoms with Crippen molar-refractivity contribution in [2.75, 3.05) is 26.4 Å². The highest BCUT2D eigenvalue weighted by Gasteiger charge is 2.25. The fraction of sp³-hybridized carbons (Fsp3) is 0.556. The fourth-order valence-electron chi connectivity index (χ4n) is 4.80. The number of hydrogen-bond acceptors (Lipinski definition) is 10. The second-order valence-electron chi connectivity index (χ2n) is 13.1. The maximum atomic E-state index is 12.6. The van der Waals surface area contributed by atoms with Crippen LogP contribution in [0.15, 0.2) is 109 Å². The summed E-state index contributed by atoms with van der Waals surface area (Å²) in [5, 5.41) is 20.0. The minimum atomic E-state index is -4.44. The molecule has 322 valence electrons. The van der Waals surface area contributed by atoms with Gasteiger partial charge < -0.3 is 30.3 Å². The largest absolute Gasteiger partial charge is 0.472 e. The molecule has 0 heterocycles. The molecular formula is C45H72NO10P. The first kappa shape index (κ1) is 53.6. The molecule has 0 saturated carbocycles. The van der Waals surface area contributed by atoms with Gasteiger partial charge in [-0.3, -0.25) is 18.6 Å². The van der Waals surface area contributed by atoms with Crippen molar-refractivity contribution in [3.8, 4) is 0 Å². The summed E-state index contributed by atoms with van der Waals surface area (Å²) in [6.07, 6.45) is 44.8. The zero-order chi connectivity index (χ0) is 42.1. The lowest BCUT2D eigenvalue weighted by Gasteiger charge is -2.19. The molecule has 57 heavy (non-hydrogen) atoms. The van der Waals surface area contributed by atoms with Crippen LogP contribution in [0.3, 0.4) is 0 Å². The van der Waals surface area contributed by atoms with Gasteiger partial charge in [-0.2, -0.15) is 0 Å². The normalized spacial score (nSPS) is 15.5. The summed E-state index contributed by atoms with van der Waals surface area (Å²) in [5.41, 5.74) is 5.32. The van der Waals surface area contributed by atoms with Crippen LogP contribution in [-0.4, -0.2) is 71.7 Å². The van der Waals surface area contributed by atoms with Gasteiger partial charge in [0.05, 0.1) is 25.4 Å². The lowest BCUT2D eigenvalue weighted by molar-refractivity contribution is -0.161. The van der Waals surface area contributed by atoms with Crippen LogP contribution in [0.1, 0.15) is 117 Å². The zero-order valence-corrected chi connectivity index (χ0v) is 35.4. The first-order chi connectivity index (χ1) is 27.6. The average molecular weight is 818 g/mol. The van der Waals surface area contributed by atoms with Crippen LogP contribution in [0.4, 0.5) is 0 Å². The van der Waals surface area contributed by atoms with Crippen molar-refractivity contribution in [2.24, 2.45) is 5.73 Å². The number of unbranched alkanes of at least 4 members (excludes halogenated alkanes) is 6. The molecule has 0 aromatic carbocycles. The molecule has 0 amide bonds. The van der Waals surface area contributed by atoms with Crippen LogP contribution in [0.5, 0.6) is 0 Å². The van der Waals surface area contributed by atoms with Gasteiger partial charge in [0, 0.05) is 19.4 Å². The molecule has 0 aliphatic heterocycles. The summed E-state index contributed by atoms with van der Waals surface area (Å²) < 4.78 is 32.6. The van der Waals surface area contributed by atoms with Gasteiger partial charge in [-0.15, -0.1) is 0 Å². The van der Waals surface area contributed by atoms with Gasteiger partial charge in [0.25, 0.3) is 0 Å². The number of phosphoric ester groups is 1. The molecule has 0 saturated heterocycles. The first-order valence-electron chi connectivity index (χ1n) is 20.6. The molecule has 0 aliphatic carbocycles. The number of phosphoric acid groups is 1. The smallest absolute Gasteiger partial charge is 0.462 e. The molecule has 0 aromatic heterocycles. The number of esters is 2. The molecule has 0 spiro atoms. The van der Waals surface area contributed by atoms with Crippen LogP contribution in [-0.2, 0) is 32.7 Å². The summed E-state index contributed by atoms with van der Waals surface area (Å²) in [6.45, 7) is 3.14. The van der Waals surface area contributed by atoms with E-state index in [0.717, 1.165) is 57.8 Å². The zero-order valence-electron chi connectivity index (χ0n) is 34.5. The monoisotopic (exact) mass is 817 g/mol. The SMILES string of the molecule is CC/C=C\C/C=C\C/C=C\CCCCCCCC(=O)OC[C@H](COP(=O)(O)OCCN)OC(=O)CCC/C=C\[C@@H](O)/C=C/C=C\C/C=C\C=C\[C@@H](O)C/C=C\CC. The maximum Gasteiger partial charge on any atom is 0.472 e. The van der Waals surface area contributed by atoms with Gasteiger partial charge in [-0.05, 0) is 70.6 Å². The molecule has 0 radical (unpaired) electrons. The Kier molecular flexibility index (Phi) is 37.1. The number of aliphatic hydroxyl groups excluding tert-OH is 2. The van der Waals surface area contributed by atoms with Crippen molar-refractivity contribution in [1.29, 1.82) is 0 Å². The van der Waals surface area contributed by atoms with Crippen LogP contribution < -0.4 is 5.73 Å². The van der Waals surface area contributed by atoms with Crippen LogP contribution >= 0.6 is 7.82 Å². The average Bonchev–Trinajstić information content (AvgIpc) is 3.18. The van der Waals surface area contributed by atoms with E-state index in [2.05, 4.69) is 50.3 Å². The summed E-state index contributed by atoms with van der Waals surface area (Å²) in [7, 11) is -4.44. The lowest BCUT2D eigenvalue weighted by atomic mass is 10.1. The Morgan fingerprint density at radius 1 is 0.632 bits per heavy atom. The second-order valence-corrected chi connectivity index (χ2v) is 14.6. The predicted octanol–water partition coefficient (Wildman–Crippen LogP) is 9.54.